The molecular weight excluding hydrogens is 382 g/mol. The van der Waals surface area contributed by atoms with Crippen molar-refractivity contribution in [2.45, 2.75) is 29.4 Å². The normalized spacial score (nSPS) is 20.6. The third-order valence-corrected chi connectivity index (χ3v) is 6.74. The van der Waals surface area contributed by atoms with Crippen molar-refractivity contribution in [2.24, 2.45) is 5.92 Å². The molecule has 2 unspecified atom stereocenters. The molecule has 0 aliphatic carbocycles. The lowest BCUT2D eigenvalue weighted by molar-refractivity contribution is -0.119. The fourth-order valence-electron chi connectivity index (χ4n) is 2.50. The van der Waals surface area contributed by atoms with E-state index in [4.69, 9.17) is 0 Å². The van der Waals surface area contributed by atoms with Crippen LogP contribution in [0, 0.1) is 5.92 Å². The summed E-state index contributed by atoms with van der Waals surface area (Å²) in [6, 6.07) is 10.1. The number of hydrogen-bond donors (Lipinski definition) is 0. The maximum absolute atomic E-state index is 12.4. The van der Waals surface area contributed by atoms with Crippen molar-refractivity contribution in [3.63, 3.8) is 0 Å². The van der Waals surface area contributed by atoms with Crippen LogP contribution in [-0.2, 0) is 4.79 Å². The first-order valence-corrected chi connectivity index (χ1v) is 8.99. The monoisotopic (exact) mass is 401 g/mol. The van der Waals surface area contributed by atoms with Gasteiger partial charge in [-0.15, -0.1) is 0 Å². The predicted molar refractivity (Wildman–Crippen MR) is 90.7 cm³/mol. The zero-order chi connectivity index (χ0) is 14.5. The highest BCUT2D eigenvalue weighted by Gasteiger charge is 2.27. The second-order valence-electron chi connectivity index (χ2n) is 5.64. The van der Waals surface area contributed by atoms with Crippen LogP contribution in [0.2, 0.25) is 0 Å². The Morgan fingerprint density at radius 2 is 1.85 bits per heavy atom. The molecule has 1 saturated heterocycles. The number of rotatable bonds is 5. The minimum atomic E-state index is -0.177. The van der Waals surface area contributed by atoms with Gasteiger partial charge in [0.15, 0.2) is 5.78 Å². The number of hydrogen-bond acceptors (Lipinski definition) is 2. The van der Waals surface area contributed by atoms with Crippen LogP contribution < -0.4 is 0 Å². The van der Waals surface area contributed by atoms with Gasteiger partial charge in [0.25, 0.3) is 0 Å². The third kappa shape index (κ3) is 4.40. The van der Waals surface area contributed by atoms with Crippen LogP contribution in [-0.4, -0.2) is 35.1 Å². The summed E-state index contributed by atoms with van der Waals surface area (Å²) in [6.45, 7) is 4.93. The van der Waals surface area contributed by atoms with E-state index in [0.29, 0.717) is 6.54 Å². The van der Waals surface area contributed by atoms with Gasteiger partial charge < -0.3 is 0 Å². The first-order valence-electron chi connectivity index (χ1n) is 7.16. The zero-order valence-electron chi connectivity index (χ0n) is 11.8. The lowest BCUT2D eigenvalue weighted by Gasteiger charge is -2.30. The Morgan fingerprint density at radius 3 is 2.45 bits per heavy atom. The zero-order valence-corrected chi connectivity index (χ0v) is 14.9. The van der Waals surface area contributed by atoms with E-state index in [9.17, 15) is 4.79 Å². The van der Waals surface area contributed by atoms with Gasteiger partial charge in [0.2, 0.25) is 0 Å². The van der Waals surface area contributed by atoms with Gasteiger partial charge >= 0.3 is 0 Å². The summed E-state index contributed by atoms with van der Waals surface area (Å²) >= 11 is 7.20. The Bertz CT molecular complexity index is 429. The maximum Gasteiger partial charge on any atom is 0.161 e. The number of nitrogens with zero attached hydrogens (tertiary/aromatic N) is 1. The highest BCUT2D eigenvalue weighted by Crippen LogP contribution is 2.32. The van der Waals surface area contributed by atoms with Crippen LogP contribution in [0.4, 0.5) is 0 Å². The molecule has 0 spiro atoms. The van der Waals surface area contributed by atoms with Crippen molar-refractivity contribution >= 4 is 37.6 Å². The Morgan fingerprint density at radius 1 is 1.25 bits per heavy atom. The molecule has 110 valence electrons. The SMILES string of the molecule is CC1CCN(CC(=O)C(Br)C(Br)c2ccccc2)CC1. The van der Waals surface area contributed by atoms with E-state index in [1.165, 1.54) is 12.8 Å². The molecule has 2 rings (SSSR count). The number of ketones is 1. The second-order valence-corrected chi connectivity index (χ2v) is 7.61. The molecule has 2 atom stereocenters. The molecule has 1 aromatic carbocycles. The summed E-state index contributed by atoms with van der Waals surface area (Å²) in [5, 5.41) is 0. The van der Waals surface area contributed by atoms with Gasteiger partial charge in [0, 0.05) is 0 Å². The van der Waals surface area contributed by atoms with E-state index in [1.807, 2.05) is 30.3 Å². The molecule has 1 aromatic rings. The van der Waals surface area contributed by atoms with E-state index in [0.717, 1.165) is 24.6 Å². The summed E-state index contributed by atoms with van der Waals surface area (Å²) < 4.78 is 0. The van der Waals surface area contributed by atoms with E-state index in [2.05, 4.69) is 43.7 Å². The molecule has 1 aliphatic heterocycles. The summed E-state index contributed by atoms with van der Waals surface area (Å²) in [4.78, 5) is 14.5. The van der Waals surface area contributed by atoms with Crippen molar-refractivity contribution in [1.82, 2.24) is 4.90 Å². The molecule has 1 aliphatic rings. The van der Waals surface area contributed by atoms with Gasteiger partial charge in [0.1, 0.15) is 0 Å². The van der Waals surface area contributed by atoms with Crippen molar-refractivity contribution in [3.05, 3.63) is 35.9 Å². The largest absolute Gasteiger partial charge is 0.297 e. The smallest absolute Gasteiger partial charge is 0.161 e. The quantitative estimate of drug-likeness (QED) is 0.688. The molecule has 1 fully saturated rings. The standard InChI is InChI=1S/C16H21Br2NO/c1-12-7-9-19(10-8-12)11-14(20)16(18)15(17)13-5-3-2-4-6-13/h2-6,12,15-16H,7-11H2,1H3. The molecule has 1 heterocycles. The first-order chi connectivity index (χ1) is 9.58. The molecule has 0 amide bonds. The number of alkyl halides is 2. The van der Waals surface area contributed by atoms with Crippen LogP contribution >= 0.6 is 31.9 Å². The van der Waals surface area contributed by atoms with Crippen molar-refractivity contribution < 1.29 is 4.79 Å². The number of halogens is 2. The van der Waals surface area contributed by atoms with Gasteiger partial charge in [-0.1, -0.05) is 69.1 Å². The average Bonchev–Trinajstić information content (AvgIpc) is 2.49. The Kier molecular flexibility index (Phi) is 6.24. The molecule has 0 N–H and O–H groups in total. The van der Waals surface area contributed by atoms with E-state index in [1.54, 1.807) is 0 Å². The molecule has 4 heteroatoms. The summed E-state index contributed by atoms with van der Waals surface area (Å²) in [5.74, 6) is 1.06. The van der Waals surface area contributed by atoms with Gasteiger partial charge in [0.05, 0.1) is 16.2 Å². The summed E-state index contributed by atoms with van der Waals surface area (Å²) in [6.07, 6.45) is 2.41. The summed E-state index contributed by atoms with van der Waals surface area (Å²) in [5.41, 5.74) is 1.13. The second kappa shape index (κ2) is 7.71. The minimum Gasteiger partial charge on any atom is -0.297 e. The Labute approximate surface area is 138 Å². The van der Waals surface area contributed by atoms with Crippen molar-refractivity contribution in [2.75, 3.05) is 19.6 Å². The number of likely N-dealkylation sites (tertiary alicyclic amines) is 1. The number of carbonyl (C=O) groups is 1. The van der Waals surface area contributed by atoms with Crippen LogP contribution in [0.15, 0.2) is 30.3 Å². The maximum atomic E-state index is 12.4. The molecule has 2 nitrogen and oxygen atoms in total. The van der Waals surface area contributed by atoms with Gasteiger partial charge in [-0.05, 0) is 37.4 Å². The molecule has 0 radical (unpaired) electrons. The highest BCUT2D eigenvalue weighted by molar-refractivity contribution is 9.12. The van der Waals surface area contributed by atoms with Crippen LogP contribution in [0.25, 0.3) is 0 Å². The number of carbonyl (C=O) groups excluding carboxylic acids is 1. The highest BCUT2D eigenvalue weighted by atomic mass is 79.9. The lowest BCUT2D eigenvalue weighted by atomic mass is 9.99. The predicted octanol–water partition coefficient (Wildman–Crippen LogP) is 4.19. The van der Waals surface area contributed by atoms with Crippen LogP contribution in [0.1, 0.15) is 30.2 Å². The number of Topliss-reactive ketones (excluding diaryl/α,β-unsaturated/α-hetero) is 1. The molecule has 0 bridgehead atoms. The average molecular weight is 403 g/mol. The van der Waals surface area contributed by atoms with Crippen molar-refractivity contribution in [1.29, 1.82) is 0 Å². The minimum absolute atomic E-state index is 0.0277. The van der Waals surface area contributed by atoms with E-state index < -0.39 is 0 Å². The Hall–Kier alpha value is -0.190. The first kappa shape index (κ1) is 16.2. The fraction of sp³-hybridized carbons (Fsp3) is 0.562. The Balaban J connectivity index is 1.88. The summed E-state index contributed by atoms with van der Waals surface area (Å²) in [7, 11) is 0. The van der Waals surface area contributed by atoms with Crippen LogP contribution in [0.5, 0.6) is 0 Å². The number of piperidine rings is 1. The lowest BCUT2D eigenvalue weighted by Crippen LogP contribution is -2.39. The van der Waals surface area contributed by atoms with Gasteiger partial charge in [-0.2, -0.15) is 0 Å². The van der Waals surface area contributed by atoms with Crippen molar-refractivity contribution in [3.8, 4) is 0 Å². The molecule has 0 aromatic heterocycles. The van der Waals surface area contributed by atoms with E-state index in [-0.39, 0.29) is 15.4 Å². The van der Waals surface area contributed by atoms with Gasteiger partial charge in [-0.25, -0.2) is 0 Å². The topological polar surface area (TPSA) is 20.3 Å². The molecule has 0 saturated carbocycles. The number of benzene rings is 1. The third-order valence-electron chi connectivity index (χ3n) is 3.94. The fourth-order valence-corrected chi connectivity index (χ4v) is 3.55. The van der Waals surface area contributed by atoms with E-state index >= 15 is 0 Å². The van der Waals surface area contributed by atoms with Gasteiger partial charge in [-0.3, -0.25) is 9.69 Å². The molecule has 20 heavy (non-hydrogen) atoms. The van der Waals surface area contributed by atoms with Crippen LogP contribution in [0.3, 0.4) is 0 Å². The molecular formula is C16H21Br2NO.